The number of alkyl halides is 1. The van der Waals surface area contributed by atoms with Gasteiger partial charge in [0.05, 0.1) is 6.42 Å². The maximum absolute atomic E-state index is 10.9. The Hall–Kier alpha value is -1.06. The smallest absolute Gasteiger partial charge is 0.303 e. The van der Waals surface area contributed by atoms with Crippen LogP contribution in [0.15, 0.2) is 30.3 Å². The van der Waals surface area contributed by atoms with Gasteiger partial charge in [-0.2, -0.15) is 0 Å². The van der Waals surface area contributed by atoms with Gasteiger partial charge in [-0.1, -0.05) is 30.3 Å². The van der Waals surface area contributed by atoms with Crippen LogP contribution in [0.5, 0.6) is 0 Å². The van der Waals surface area contributed by atoms with Crippen LogP contribution in [0.4, 0.5) is 0 Å². The minimum absolute atomic E-state index is 0.00727. The Balaban J connectivity index is 1.95. The van der Waals surface area contributed by atoms with Gasteiger partial charge in [-0.15, -0.1) is 11.6 Å². The lowest BCUT2D eigenvalue weighted by atomic mass is 10.0. The average Bonchev–Trinajstić information content (AvgIpc) is 3.09. The molecule has 1 saturated carbocycles. The van der Waals surface area contributed by atoms with Gasteiger partial charge in [0.2, 0.25) is 0 Å². The second kappa shape index (κ2) is 6.40. The number of rotatable bonds is 8. The molecule has 1 aromatic carbocycles. The van der Waals surface area contributed by atoms with Crippen molar-refractivity contribution in [3.05, 3.63) is 35.9 Å². The highest BCUT2D eigenvalue weighted by Crippen LogP contribution is 2.49. The van der Waals surface area contributed by atoms with Crippen molar-refractivity contribution in [2.24, 2.45) is 5.41 Å². The zero-order valence-corrected chi connectivity index (χ0v) is 11.8. The van der Waals surface area contributed by atoms with E-state index < -0.39 is 5.97 Å². The van der Waals surface area contributed by atoms with Crippen LogP contribution in [0.25, 0.3) is 0 Å². The molecule has 0 radical (unpaired) electrons. The summed E-state index contributed by atoms with van der Waals surface area (Å²) in [5, 5.41) is 8.98. The fourth-order valence-electron chi connectivity index (χ4n) is 2.54. The summed E-state index contributed by atoms with van der Waals surface area (Å²) in [5.41, 5.74) is 1.24. The van der Waals surface area contributed by atoms with E-state index in [1.807, 2.05) is 18.2 Å². The zero-order chi connectivity index (χ0) is 13.7. The second-order valence-corrected chi connectivity index (χ2v) is 5.83. The summed E-state index contributed by atoms with van der Waals surface area (Å²) in [4.78, 5) is 13.2. The standard InChI is InChI=1S/C15H20ClNO2/c16-8-9-17(11-13-4-2-1-3-5-13)12-15(6-7-15)10-14(18)19/h1-5H,6-12H2,(H,18,19). The first-order valence-corrected chi connectivity index (χ1v) is 7.21. The molecule has 104 valence electrons. The first-order chi connectivity index (χ1) is 9.13. The van der Waals surface area contributed by atoms with Gasteiger partial charge < -0.3 is 5.11 Å². The molecule has 0 aromatic heterocycles. The lowest BCUT2D eigenvalue weighted by Crippen LogP contribution is -2.32. The minimum atomic E-state index is -0.692. The van der Waals surface area contributed by atoms with Gasteiger partial charge in [-0.25, -0.2) is 0 Å². The maximum Gasteiger partial charge on any atom is 0.303 e. The molecule has 1 aliphatic carbocycles. The van der Waals surface area contributed by atoms with E-state index in [-0.39, 0.29) is 11.8 Å². The van der Waals surface area contributed by atoms with E-state index in [9.17, 15) is 4.79 Å². The zero-order valence-electron chi connectivity index (χ0n) is 11.0. The number of hydrogen-bond acceptors (Lipinski definition) is 2. The quantitative estimate of drug-likeness (QED) is 0.745. The van der Waals surface area contributed by atoms with Crippen molar-refractivity contribution in [2.75, 3.05) is 19.0 Å². The van der Waals surface area contributed by atoms with E-state index >= 15 is 0 Å². The number of carboxylic acids is 1. The molecule has 3 nitrogen and oxygen atoms in total. The molecule has 2 rings (SSSR count). The monoisotopic (exact) mass is 281 g/mol. The number of nitrogens with zero attached hydrogens (tertiary/aromatic N) is 1. The Morgan fingerprint density at radius 2 is 2.00 bits per heavy atom. The van der Waals surface area contributed by atoms with E-state index in [0.29, 0.717) is 5.88 Å². The molecule has 1 N–H and O–H groups in total. The van der Waals surface area contributed by atoms with Crippen molar-refractivity contribution >= 4 is 17.6 Å². The number of hydrogen-bond donors (Lipinski definition) is 1. The highest BCUT2D eigenvalue weighted by atomic mass is 35.5. The Morgan fingerprint density at radius 1 is 1.32 bits per heavy atom. The lowest BCUT2D eigenvalue weighted by Gasteiger charge is -2.26. The normalized spacial score (nSPS) is 16.5. The summed E-state index contributed by atoms with van der Waals surface area (Å²) in [6.45, 7) is 2.48. The molecular formula is C15H20ClNO2. The average molecular weight is 282 g/mol. The number of aliphatic carboxylic acids is 1. The summed E-state index contributed by atoms with van der Waals surface area (Å²) >= 11 is 5.86. The Bertz CT molecular complexity index is 417. The molecule has 0 spiro atoms. The van der Waals surface area contributed by atoms with Crippen LogP contribution in [0, 0.1) is 5.41 Å². The first-order valence-electron chi connectivity index (χ1n) is 6.68. The molecule has 0 heterocycles. The summed E-state index contributed by atoms with van der Waals surface area (Å²) in [6.07, 6.45) is 2.32. The number of carboxylic acid groups (broad SMARTS) is 1. The molecule has 1 aromatic rings. The Morgan fingerprint density at radius 3 is 2.53 bits per heavy atom. The van der Waals surface area contributed by atoms with E-state index in [0.717, 1.165) is 32.5 Å². The molecule has 0 aliphatic heterocycles. The fourth-order valence-corrected chi connectivity index (χ4v) is 2.78. The number of carbonyl (C=O) groups is 1. The van der Waals surface area contributed by atoms with Crippen molar-refractivity contribution in [2.45, 2.75) is 25.8 Å². The Kier molecular flexibility index (Phi) is 4.83. The van der Waals surface area contributed by atoms with E-state index in [1.54, 1.807) is 0 Å². The second-order valence-electron chi connectivity index (χ2n) is 5.46. The van der Waals surface area contributed by atoms with Gasteiger partial charge in [-0.3, -0.25) is 9.69 Å². The van der Waals surface area contributed by atoms with Gasteiger partial charge in [0.15, 0.2) is 0 Å². The SMILES string of the molecule is O=C(O)CC1(CN(CCCl)Cc2ccccc2)CC1. The van der Waals surface area contributed by atoms with Crippen LogP contribution in [0.2, 0.25) is 0 Å². The third-order valence-corrected chi connectivity index (χ3v) is 3.86. The third kappa shape index (κ3) is 4.51. The number of halogens is 1. The summed E-state index contributed by atoms with van der Waals surface area (Å²) in [7, 11) is 0. The van der Waals surface area contributed by atoms with E-state index in [2.05, 4.69) is 17.0 Å². The molecule has 0 unspecified atom stereocenters. The molecule has 19 heavy (non-hydrogen) atoms. The highest BCUT2D eigenvalue weighted by molar-refractivity contribution is 6.18. The summed E-state index contributed by atoms with van der Waals surface area (Å²) in [5.74, 6) is -0.112. The lowest BCUT2D eigenvalue weighted by molar-refractivity contribution is -0.138. The molecule has 0 atom stereocenters. The molecule has 4 heteroatoms. The van der Waals surface area contributed by atoms with Crippen molar-refractivity contribution in [1.29, 1.82) is 0 Å². The van der Waals surface area contributed by atoms with Crippen molar-refractivity contribution in [3.63, 3.8) is 0 Å². The van der Waals surface area contributed by atoms with Crippen LogP contribution in [0.3, 0.4) is 0 Å². The molecule has 0 amide bonds. The first kappa shape index (κ1) is 14.4. The molecule has 0 saturated heterocycles. The van der Waals surface area contributed by atoms with Gasteiger partial charge in [0, 0.05) is 25.5 Å². The van der Waals surface area contributed by atoms with E-state index in [1.165, 1.54) is 5.56 Å². The minimum Gasteiger partial charge on any atom is -0.481 e. The molecular weight excluding hydrogens is 262 g/mol. The van der Waals surface area contributed by atoms with Gasteiger partial charge in [0.25, 0.3) is 0 Å². The van der Waals surface area contributed by atoms with Crippen LogP contribution in [-0.4, -0.2) is 34.9 Å². The predicted molar refractivity (Wildman–Crippen MR) is 76.4 cm³/mol. The van der Waals surface area contributed by atoms with Crippen LogP contribution in [0.1, 0.15) is 24.8 Å². The van der Waals surface area contributed by atoms with Gasteiger partial charge in [-0.05, 0) is 23.8 Å². The topological polar surface area (TPSA) is 40.5 Å². The summed E-state index contributed by atoms with van der Waals surface area (Å²) < 4.78 is 0. The van der Waals surface area contributed by atoms with Crippen LogP contribution < -0.4 is 0 Å². The van der Waals surface area contributed by atoms with Crippen LogP contribution in [-0.2, 0) is 11.3 Å². The summed E-state index contributed by atoms with van der Waals surface area (Å²) in [6, 6.07) is 10.2. The van der Waals surface area contributed by atoms with Crippen molar-refractivity contribution < 1.29 is 9.90 Å². The van der Waals surface area contributed by atoms with Crippen LogP contribution >= 0.6 is 11.6 Å². The molecule has 0 bridgehead atoms. The Labute approximate surface area is 119 Å². The highest BCUT2D eigenvalue weighted by Gasteiger charge is 2.45. The number of benzene rings is 1. The maximum atomic E-state index is 10.9. The van der Waals surface area contributed by atoms with E-state index in [4.69, 9.17) is 16.7 Å². The predicted octanol–water partition coefficient (Wildman–Crippen LogP) is 2.98. The molecule has 1 aliphatic rings. The molecule has 1 fully saturated rings. The largest absolute Gasteiger partial charge is 0.481 e. The third-order valence-electron chi connectivity index (χ3n) is 3.69. The fraction of sp³-hybridized carbons (Fsp3) is 0.533. The van der Waals surface area contributed by atoms with Crippen molar-refractivity contribution in [1.82, 2.24) is 4.90 Å². The van der Waals surface area contributed by atoms with Gasteiger partial charge >= 0.3 is 5.97 Å². The van der Waals surface area contributed by atoms with Gasteiger partial charge in [0.1, 0.15) is 0 Å². The van der Waals surface area contributed by atoms with Crippen molar-refractivity contribution in [3.8, 4) is 0 Å².